The fourth-order valence-corrected chi connectivity index (χ4v) is 1.34. The Kier molecular flexibility index (Phi) is 4.04. The molecule has 4 nitrogen and oxygen atoms in total. The van der Waals surface area contributed by atoms with Crippen LogP contribution in [0.3, 0.4) is 0 Å². The minimum Gasteiger partial charge on any atom is -0.419 e. The Morgan fingerprint density at radius 1 is 1.25 bits per heavy atom. The first-order valence-electron chi connectivity index (χ1n) is 4.83. The molecule has 0 aliphatic carbocycles. The number of halogens is 1. The summed E-state index contributed by atoms with van der Waals surface area (Å²) in [6, 6.07) is 7.65. The standard InChI is InChI=1S/C11H13N3O.ClH/c1-7-5-3-4-6-9(7)11-14-13-10(15-11)8(2)12;/h3-6,8H,12H2,1-2H3;1H. The van der Waals surface area contributed by atoms with Gasteiger partial charge >= 0.3 is 0 Å². The largest absolute Gasteiger partial charge is 0.419 e. The molecule has 2 rings (SSSR count). The van der Waals surface area contributed by atoms with Crippen LogP contribution in [0.25, 0.3) is 11.5 Å². The Hall–Kier alpha value is -1.39. The van der Waals surface area contributed by atoms with Gasteiger partial charge in [0.15, 0.2) is 0 Å². The first-order chi connectivity index (χ1) is 7.18. The van der Waals surface area contributed by atoms with Crippen LogP contribution in [-0.2, 0) is 0 Å². The quantitative estimate of drug-likeness (QED) is 0.875. The summed E-state index contributed by atoms with van der Waals surface area (Å²) < 4.78 is 5.46. The van der Waals surface area contributed by atoms with Crippen molar-refractivity contribution in [1.29, 1.82) is 0 Å². The van der Waals surface area contributed by atoms with Crippen molar-refractivity contribution in [3.8, 4) is 11.5 Å². The second-order valence-corrected chi connectivity index (χ2v) is 3.55. The molecule has 0 spiro atoms. The number of nitrogens with two attached hydrogens (primary N) is 1. The lowest BCUT2D eigenvalue weighted by Crippen LogP contribution is -2.04. The molecule has 16 heavy (non-hydrogen) atoms. The molecule has 0 aliphatic rings. The highest BCUT2D eigenvalue weighted by Gasteiger charge is 2.12. The highest BCUT2D eigenvalue weighted by atomic mass is 35.5. The van der Waals surface area contributed by atoms with Crippen molar-refractivity contribution in [3.05, 3.63) is 35.7 Å². The van der Waals surface area contributed by atoms with E-state index in [2.05, 4.69) is 10.2 Å². The van der Waals surface area contributed by atoms with E-state index in [4.69, 9.17) is 10.2 Å². The lowest BCUT2D eigenvalue weighted by atomic mass is 10.1. The van der Waals surface area contributed by atoms with Gasteiger partial charge in [-0.1, -0.05) is 18.2 Å². The normalized spacial score (nSPS) is 11.9. The highest BCUT2D eigenvalue weighted by Crippen LogP contribution is 2.22. The number of hydrogen-bond acceptors (Lipinski definition) is 4. The van der Waals surface area contributed by atoms with Crippen molar-refractivity contribution in [2.24, 2.45) is 5.73 Å². The molecule has 0 aliphatic heterocycles. The van der Waals surface area contributed by atoms with Crippen molar-refractivity contribution >= 4 is 12.4 Å². The fraction of sp³-hybridized carbons (Fsp3) is 0.273. The molecule has 5 heteroatoms. The summed E-state index contributed by atoms with van der Waals surface area (Å²) in [7, 11) is 0. The van der Waals surface area contributed by atoms with Crippen LogP contribution in [0.1, 0.15) is 24.4 Å². The first kappa shape index (κ1) is 12.7. The van der Waals surface area contributed by atoms with Crippen molar-refractivity contribution in [2.75, 3.05) is 0 Å². The summed E-state index contributed by atoms with van der Waals surface area (Å²) in [5.41, 5.74) is 7.71. The maximum Gasteiger partial charge on any atom is 0.248 e. The van der Waals surface area contributed by atoms with E-state index < -0.39 is 0 Å². The third-order valence-corrected chi connectivity index (χ3v) is 2.21. The molecule has 1 aromatic carbocycles. The van der Waals surface area contributed by atoms with Crippen molar-refractivity contribution < 1.29 is 4.42 Å². The molecule has 1 heterocycles. The zero-order valence-electron chi connectivity index (χ0n) is 9.18. The number of aryl methyl sites for hydroxylation is 1. The second kappa shape index (κ2) is 5.09. The Labute approximate surface area is 100 Å². The topological polar surface area (TPSA) is 64.9 Å². The van der Waals surface area contributed by atoms with Gasteiger partial charge in [0, 0.05) is 5.56 Å². The predicted molar refractivity (Wildman–Crippen MR) is 64.3 cm³/mol. The number of hydrogen-bond donors (Lipinski definition) is 1. The SMILES string of the molecule is Cc1ccccc1-c1nnc(C(C)N)o1.Cl. The summed E-state index contributed by atoms with van der Waals surface area (Å²) in [4.78, 5) is 0. The molecule has 0 saturated carbocycles. The molecule has 0 radical (unpaired) electrons. The summed E-state index contributed by atoms with van der Waals surface area (Å²) in [5, 5.41) is 7.86. The molecule has 0 saturated heterocycles. The zero-order chi connectivity index (χ0) is 10.8. The van der Waals surface area contributed by atoms with E-state index in [1.807, 2.05) is 38.1 Å². The smallest absolute Gasteiger partial charge is 0.248 e. The van der Waals surface area contributed by atoms with Gasteiger partial charge < -0.3 is 10.2 Å². The van der Waals surface area contributed by atoms with E-state index in [0.29, 0.717) is 11.8 Å². The third kappa shape index (κ3) is 2.40. The predicted octanol–water partition coefficient (Wildman–Crippen LogP) is 2.49. The van der Waals surface area contributed by atoms with E-state index in [9.17, 15) is 0 Å². The molecule has 1 unspecified atom stereocenters. The first-order valence-corrected chi connectivity index (χ1v) is 4.83. The van der Waals surface area contributed by atoms with E-state index in [1.165, 1.54) is 0 Å². The van der Waals surface area contributed by atoms with Crippen LogP contribution in [-0.4, -0.2) is 10.2 Å². The average Bonchev–Trinajstić information content (AvgIpc) is 2.67. The number of benzene rings is 1. The highest BCUT2D eigenvalue weighted by molar-refractivity contribution is 5.85. The van der Waals surface area contributed by atoms with Gasteiger partial charge in [-0.25, -0.2) is 0 Å². The Bertz CT molecular complexity index is 468. The van der Waals surface area contributed by atoms with E-state index >= 15 is 0 Å². The molecule has 2 aromatic rings. The molecule has 0 bridgehead atoms. The average molecular weight is 240 g/mol. The minimum atomic E-state index is -0.227. The third-order valence-electron chi connectivity index (χ3n) is 2.21. The molecule has 2 N–H and O–H groups in total. The van der Waals surface area contributed by atoms with Crippen molar-refractivity contribution in [1.82, 2.24) is 10.2 Å². The molecule has 1 aromatic heterocycles. The zero-order valence-corrected chi connectivity index (χ0v) is 9.99. The van der Waals surface area contributed by atoms with Gasteiger partial charge in [-0.3, -0.25) is 0 Å². The maximum atomic E-state index is 5.65. The molecule has 0 fully saturated rings. The van der Waals surface area contributed by atoms with Crippen LogP contribution in [0.5, 0.6) is 0 Å². The Morgan fingerprint density at radius 2 is 1.94 bits per heavy atom. The van der Waals surface area contributed by atoms with Gasteiger partial charge in [-0.15, -0.1) is 22.6 Å². The summed E-state index contributed by atoms with van der Waals surface area (Å²) >= 11 is 0. The van der Waals surface area contributed by atoms with Gasteiger partial charge in [0.2, 0.25) is 11.8 Å². The number of rotatable bonds is 2. The lowest BCUT2D eigenvalue weighted by Gasteiger charge is -1.99. The van der Waals surface area contributed by atoms with Gasteiger partial charge in [0.25, 0.3) is 0 Å². The minimum absolute atomic E-state index is 0. The lowest BCUT2D eigenvalue weighted by molar-refractivity contribution is 0.473. The molecular formula is C11H14ClN3O. The maximum absolute atomic E-state index is 5.65. The summed E-state index contributed by atoms with van der Waals surface area (Å²) in [5.74, 6) is 0.994. The number of nitrogens with zero attached hydrogens (tertiary/aromatic N) is 2. The van der Waals surface area contributed by atoms with Crippen LogP contribution in [0.15, 0.2) is 28.7 Å². The fourth-order valence-electron chi connectivity index (χ4n) is 1.34. The van der Waals surface area contributed by atoms with E-state index in [-0.39, 0.29) is 18.4 Å². The van der Waals surface area contributed by atoms with Crippen molar-refractivity contribution in [3.63, 3.8) is 0 Å². The van der Waals surface area contributed by atoms with Crippen LogP contribution in [0.2, 0.25) is 0 Å². The number of aromatic nitrogens is 2. The van der Waals surface area contributed by atoms with Crippen LogP contribution < -0.4 is 5.73 Å². The van der Waals surface area contributed by atoms with Crippen LogP contribution >= 0.6 is 12.4 Å². The van der Waals surface area contributed by atoms with Gasteiger partial charge in [0.1, 0.15) is 0 Å². The van der Waals surface area contributed by atoms with Gasteiger partial charge in [-0.05, 0) is 25.5 Å². The second-order valence-electron chi connectivity index (χ2n) is 3.55. The summed E-state index contributed by atoms with van der Waals surface area (Å²) in [6.45, 7) is 3.82. The summed E-state index contributed by atoms with van der Waals surface area (Å²) in [6.07, 6.45) is 0. The molecule has 0 amide bonds. The van der Waals surface area contributed by atoms with E-state index in [1.54, 1.807) is 0 Å². The van der Waals surface area contributed by atoms with Crippen molar-refractivity contribution in [2.45, 2.75) is 19.9 Å². The van der Waals surface area contributed by atoms with E-state index in [0.717, 1.165) is 11.1 Å². The Morgan fingerprint density at radius 3 is 2.50 bits per heavy atom. The Balaban J connectivity index is 0.00000128. The molecular weight excluding hydrogens is 226 g/mol. The molecule has 86 valence electrons. The van der Waals surface area contributed by atoms with Crippen LogP contribution in [0, 0.1) is 6.92 Å². The monoisotopic (exact) mass is 239 g/mol. The van der Waals surface area contributed by atoms with Crippen LogP contribution in [0.4, 0.5) is 0 Å². The van der Waals surface area contributed by atoms with Gasteiger partial charge in [-0.2, -0.15) is 0 Å². The van der Waals surface area contributed by atoms with Gasteiger partial charge in [0.05, 0.1) is 6.04 Å². The molecule has 1 atom stereocenters.